The molecule has 8 heteroatoms. The van der Waals surface area contributed by atoms with Crippen LogP contribution in [0, 0.1) is 0 Å². The van der Waals surface area contributed by atoms with Crippen molar-refractivity contribution in [1.82, 2.24) is 15.3 Å². The fourth-order valence-corrected chi connectivity index (χ4v) is 4.07. The quantitative estimate of drug-likeness (QED) is 0.633. The molecule has 4 rings (SSSR count). The van der Waals surface area contributed by atoms with Gasteiger partial charge in [-0.2, -0.15) is 4.98 Å². The number of carbonyl (C=O) groups is 1. The minimum Gasteiger partial charge on any atom is -0.349 e. The Morgan fingerprint density at radius 2 is 2.14 bits per heavy atom. The van der Waals surface area contributed by atoms with Crippen LogP contribution in [0.2, 0.25) is 5.02 Å². The molecule has 1 amide bonds. The van der Waals surface area contributed by atoms with Crippen LogP contribution in [0.5, 0.6) is 0 Å². The lowest BCUT2D eigenvalue weighted by molar-refractivity contribution is -0.122. The Morgan fingerprint density at radius 1 is 1.25 bits per heavy atom. The van der Waals surface area contributed by atoms with Crippen LogP contribution in [-0.4, -0.2) is 28.5 Å². The summed E-state index contributed by atoms with van der Waals surface area (Å²) in [6.45, 7) is 1.31. The van der Waals surface area contributed by atoms with Gasteiger partial charge in [0.1, 0.15) is 11.9 Å². The maximum absolute atomic E-state index is 12.7. The first-order chi connectivity index (χ1) is 13.7. The molecule has 1 fully saturated rings. The largest absolute Gasteiger partial charge is 0.349 e. The van der Waals surface area contributed by atoms with E-state index in [1.807, 2.05) is 46.7 Å². The van der Waals surface area contributed by atoms with Gasteiger partial charge in [0.25, 0.3) is 0 Å². The third-order valence-electron chi connectivity index (χ3n) is 4.61. The first-order valence-corrected chi connectivity index (χ1v) is 10.4. The summed E-state index contributed by atoms with van der Waals surface area (Å²) >= 11 is 7.85. The van der Waals surface area contributed by atoms with Gasteiger partial charge in [-0.3, -0.25) is 4.79 Å². The van der Waals surface area contributed by atoms with Crippen molar-refractivity contribution >= 4 is 46.3 Å². The van der Waals surface area contributed by atoms with E-state index in [-0.39, 0.29) is 11.9 Å². The second-order valence-corrected chi connectivity index (χ2v) is 7.93. The van der Waals surface area contributed by atoms with Crippen molar-refractivity contribution in [3.63, 3.8) is 0 Å². The zero-order valence-corrected chi connectivity index (χ0v) is 16.7. The topological polar surface area (TPSA) is 70.2 Å². The van der Waals surface area contributed by atoms with Crippen LogP contribution in [-0.2, 0) is 11.3 Å². The summed E-state index contributed by atoms with van der Waals surface area (Å²) in [4.78, 5) is 24.8. The molecule has 2 aromatic heterocycles. The van der Waals surface area contributed by atoms with Crippen molar-refractivity contribution in [3.05, 3.63) is 63.9 Å². The second-order valence-electron chi connectivity index (χ2n) is 6.50. The summed E-state index contributed by atoms with van der Waals surface area (Å²) in [6.07, 6.45) is 3.42. The number of amides is 1. The number of aromatic nitrogens is 2. The monoisotopic (exact) mass is 413 g/mol. The number of benzene rings is 1. The van der Waals surface area contributed by atoms with E-state index in [9.17, 15) is 4.79 Å². The molecule has 0 saturated carbocycles. The molecule has 0 radical (unpaired) electrons. The number of rotatable bonds is 6. The molecule has 28 heavy (non-hydrogen) atoms. The lowest BCUT2D eigenvalue weighted by atomic mass is 10.2. The molecule has 0 bridgehead atoms. The number of hydrogen-bond acceptors (Lipinski definition) is 6. The standard InChI is InChI=1S/C20H20ClN5OS/c21-15-6-1-2-7-16(15)24-18-9-10-22-20(25-18)26-11-3-8-17(26)19(27)23-13-14-5-4-12-28-14/h1-2,4-7,9-10,12,17H,3,8,11,13H2,(H,23,27)(H,22,24,25)/t17-/m0/s1. The van der Waals surface area contributed by atoms with Gasteiger partial charge in [-0.15, -0.1) is 11.3 Å². The highest BCUT2D eigenvalue weighted by Gasteiger charge is 2.32. The average Bonchev–Trinajstić information content (AvgIpc) is 3.40. The summed E-state index contributed by atoms with van der Waals surface area (Å²) < 4.78 is 0. The lowest BCUT2D eigenvalue weighted by Gasteiger charge is -2.24. The Kier molecular flexibility index (Phi) is 5.73. The molecular formula is C20H20ClN5OS. The first kappa shape index (κ1) is 18.7. The van der Waals surface area contributed by atoms with Crippen LogP contribution in [0.25, 0.3) is 0 Å². The van der Waals surface area contributed by atoms with Crippen LogP contribution in [0.1, 0.15) is 17.7 Å². The fourth-order valence-electron chi connectivity index (χ4n) is 3.24. The van der Waals surface area contributed by atoms with E-state index < -0.39 is 0 Å². The van der Waals surface area contributed by atoms with Gasteiger partial charge in [0.05, 0.1) is 17.3 Å². The van der Waals surface area contributed by atoms with E-state index in [4.69, 9.17) is 11.6 Å². The summed E-state index contributed by atoms with van der Waals surface area (Å²) in [5, 5.41) is 8.87. The third-order valence-corrected chi connectivity index (χ3v) is 5.81. The highest BCUT2D eigenvalue weighted by Crippen LogP contribution is 2.27. The van der Waals surface area contributed by atoms with Gasteiger partial charge in [-0.25, -0.2) is 4.98 Å². The number of halogens is 1. The van der Waals surface area contributed by atoms with E-state index in [2.05, 4.69) is 20.6 Å². The Morgan fingerprint density at radius 3 is 2.96 bits per heavy atom. The number of nitrogens with one attached hydrogen (secondary N) is 2. The Labute approximate surface area is 172 Å². The van der Waals surface area contributed by atoms with E-state index in [1.54, 1.807) is 23.6 Å². The molecule has 1 atom stereocenters. The van der Waals surface area contributed by atoms with E-state index in [0.717, 1.165) is 30.0 Å². The van der Waals surface area contributed by atoms with E-state index in [1.165, 1.54) is 0 Å². The molecule has 3 aromatic rings. The fraction of sp³-hybridized carbons (Fsp3) is 0.250. The van der Waals surface area contributed by atoms with Crippen molar-refractivity contribution in [1.29, 1.82) is 0 Å². The van der Waals surface area contributed by atoms with Gasteiger partial charge in [0.15, 0.2) is 0 Å². The molecule has 0 unspecified atom stereocenters. The lowest BCUT2D eigenvalue weighted by Crippen LogP contribution is -2.43. The highest BCUT2D eigenvalue weighted by molar-refractivity contribution is 7.09. The average molecular weight is 414 g/mol. The van der Waals surface area contributed by atoms with Gasteiger partial charge in [-0.1, -0.05) is 29.8 Å². The number of thiophene rings is 1. The molecule has 3 heterocycles. The Bertz CT molecular complexity index is 949. The third kappa shape index (κ3) is 4.26. The maximum atomic E-state index is 12.7. The highest BCUT2D eigenvalue weighted by atomic mass is 35.5. The van der Waals surface area contributed by atoms with E-state index >= 15 is 0 Å². The molecular weight excluding hydrogens is 394 g/mol. The molecule has 6 nitrogen and oxygen atoms in total. The molecule has 1 aliphatic heterocycles. The molecule has 0 aliphatic carbocycles. The maximum Gasteiger partial charge on any atom is 0.243 e. The summed E-state index contributed by atoms with van der Waals surface area (Å²) in [5.74, 6) is 1.20. The van der Waals surface area contributed by atoms with Crippen LogP contribution in [0.15, 0.2) is 54.0 Å². The summed E-state index contributed by atoms with van der Waals surface area (Å²) in [6, 6.07) is 13.0. The molecule has 144 valence electrons. The predicted octanol–water partition coefficient (Wildman–Crippen LogP) is 4.22. The van der Waals surface area contributed by atoms with Crippen LogP contribution < -0.4 is 15.5 Å². The van der Waals surface area contributed by atoms with E-state index in [0.29, 0.717) is 23.3 Å². The Balaban J connectivity index is 1.46. The minimum atomic E-state index is -0.254. The van der Waals surface area contributed by atoms with Crippen molar-refractivity contribution in [2.75, 3.05) is 16.8 Å². The smallest absolute Gasteiger partial charge is 0.243 e. The Hall–Kier alpha value is -2.64. The summed E-state index contributed by atoms with van der Waals surface area (Å²) in [5.41, 5.74) is 0.778. The van der Waals surface area contributed by atoms with Crippen molar-refractivity contribution in [2.45, 2.75) is 25.4 Å². The van der Waals surface area contributed by atoms with Crippen LogP contribution in [0.4, 0.5) is 17.5 Å². The number of hydrogen-bond donors (Lipinski definition) is 2. The minimum absolute atomic E-state index is 0.0129. The number of para-hydroxylation sites is 1. The van der Waals surface area contributed by atoms with Gasteiger partial charge in [0.2, 0.25) is 11.9 Å². The zero-order chi connectivity index (χ0) is 19.3. The number of nitrogens with zero attached hydrogens (tertiary/aromatic N) is 3. The molecule has 1 aliphatic rings. The normalized spacial score (nSPS) is 16.2. The van der Waals surface area contributed by atoms with Crippen molar-refractivity contribution in [3.8, 4) is 0 Å². The number of carbonyl (C=O) groups excluding carboxylic acids is 1. The molecule has 1 aromatic carbocycles. The van der Waals surface area contributed by atoms with Crippen molar-refractivity contribution < 1.29 is 4.79 Å². The predicted molar refractivity (Wildman–Crippen MR) is 113 cm³/mol. The van der Waals surface area contributed by atoms with Gasteiger partial charge >= 0.3 is 0 Å². The van der Waals surface area contributed by atoms with Crippen LogP contribution >= 0.6 is 22.9 Å². The molecule has 2 N–H and O–H groups in total. The van der Waals surface area contributed by atoms with Gasteiger partial charge < -0.3 is 15.5 Å². The number of anilines is 3. The SMILES string of the molecule is O=C(NCc1cccs1)[C@@H]1CCCN1c1nccc(Nc2ccccc2Cl)n1. The second kappa shape index (κ2) is 8.58. The van der Waals surface area contributed by atoms with Gasteiger partial charge in [0, 0.05) is 17.6 Å². The van der Waals surface area contributed by atoms with Crippen LogP contribution in [0.3, 0.4) is 0 Å². The molecule has 1 saturated heterocycles. The zero-order valence-electron chi connectivity index (χ0n) is 15.1. The first-order valence-electron chi connectivity index (χ1n) is 9.12. The molecule has 0 spiro atoms. The summed E-state index contributed by atoms with van der Waals surface area (Å²) in [7, 11) is 0. The van der Waals surface area contributed by atoms with Crippen molar-refractivity contribution in [2.24, 2.45) is 0 Å². The van der Waals surface area contributed by atoms with Gasteiger partial charge in [-0.05, 0) is 42.5 Å².